The lowest BCUT2D eigenvalue weighted by molar-refractivity contribution is -0.114. The zero-order chi connectivity index (χ0) is 16.0. The predicted molar refractivity (Wildman–Crippen MR) is 76.7 cm³/mol. The van der Waals surface area contributed by atoms with Crippen LogP contribution < -0.4 is 11.1 Å². The van der Waals surface area contributed by atoms with Crippen molar-refractivity contribution in [1.29, 1.82) is 0 Å². The summed E-state index contributed by atoms with van der Waals surface area (Å²) in [4.78, 5) is 10.9. The molecular formula is C9H16N6O4S2. The van der Waals surface area contributed by atoms with Gasteiger partial charge in [-0.15, -0.1) is 10.2 Å². The first-order valence-electron chi connectivity index (χ1n) is 5.89. The Kier molecular flexibility index (Phi) is 5.99. The van der Waals surface area contributed by atoms with E-state index in [2.05, 4.69) is 20.7 Å². The summed E-state index contributed by atoms with van der Waals surface area (Å²) >= 11 is 0.757. The molecule has 1 heterocycles. The quantitative estimate of drug-likeness (QED) is 0.202. The third kappa shape index (κ3) is 4.61. The van der Waals surface area contributed by atoms with Crippen LogP contribution >= 0.6 is 11.3 Å². The minimum absolute atomic E-state index is 0.0454. The highest BCUT2D eigenvalue weighted by molar-refractivity contribution is 7.91. The molecule has 1 aromatic heterocycles. The van der Waals surface area contributed by atoms with Crippen LogP contribution in [0.5, 0.6) is 0 Å². The van der Waals surface area contributed by atoms with E-state index < -0.39 is 10.0 Å². The summed E-state index contributed by atoms with van der Waals surface area (Å²) in [6.45, 7) is 3.17. The highest BCUT2D eigenvalue weighted by atomic mass is 32.2. The van der Waals surface area contributed by atoms with Crippen LogP contribution in [-0.2, 0) is 14.8 Å². The maximum absolute atomic E-state index is 12.3. The van der Waals surface area contributed by atoms with Crippen molar-refractivity contribution in [3.05, 3.63) is 0 Å². The Balaban J connectivity index is 2.91. The number of rotatable bonds is 7. The first kappa shape index (κ1) is 17.3. The predicted octanol–water partition coefficient (Wildman–Crippen LogP) is -0.356. The van der Waals surface area contributed by atoms with Gasteiger partial charge < -0.3 is 16.3 Å². The summed E-state index contributed by atoms with van der Waals surface area (Å²) in [6, 6.07) is 0. The van der Waals surface area contributed by atoms with Gasteiger partial charge in [0.25, 0.3) is 10.0 Å². The average molecular weight is 336 g/mol. The van der Waals surface area contributed by atoms with Crippen LogP contribution in [-0.4, -0.2) is 53.0 Å². The van der Waals surface area contributed by atoms with E-state index in [1.165, 1.54) is 6.92 Å². The number of sulfonamides is 1. The van der Waals surface area contributed by atoms with Gasteiger partial charge in [-0.2, -0.15) is 4.31 Å². The minimum atomic E-state index is -3.84. The van der Waals surface area contributed by atoms with Gasteiger partial charge in [0.15, 0.2) is 0 Å². The van der Waals surface area contributed by atoms with Crippen LogP contribution in [0.25, 0.3) is 0 Å². The first-order chi connectivity index (χ1) is 9.81. The van der Waals surface area contributed by atoms with E-state index in [1.54, 1.807) is 6.92 Å². The summed E-state index contributed by atoms with van der Waals surface area (Å²) in [5.74, 6) is -0.436. The third-order valence-corrected chi connectivity index (χ3v) is 5.51. The number of nitrogens with zero attached hydrogens (tertiary/aromatic N) is 4. The standard InChI is InChI=1S/C9H16N6O4S2/c1-3-15(5-4-7(10)14-17)21(18,19)9-13-12-8(20-9)11-6(2)16/h17H,3-5H2,1-2H3,(H2,10,14)(H,11,12,16). The Morgan fingerprint density at radius 3 is 2.71 bits per heavy atom. The molecule has 0 bridgehead atoms. The fraction of sp³-hybridized carbons (Fsp3) is 0.556. The number of carbonyl (C=O) groups is 1. The molecule has 21 heavy (non-hydrogen) atoms. The van der Waals surface area contributed by atoms with Crippen LogP contribution in [0.3, 0.4) is 0 Å². The van der Waals surface area contributed by atoms with E-state index in [4.69, 9.17) is 10.9 Å². The van der Waals surface area contributed by atoms with Crippen molar-refractivity contribution < 1.29 is 18.4 Å². The number of amidine groups is 1. The number of oxime groups is 1. The smallest absolute Gasteiger partial charge is 0.272 e. The molecule has 0 aromatic carbocycles. The molecule has 0 fully saturated rings. The van der Waals surface area contributed by atoms with Crippen LogP contribution in [0.15, 0.2) is 9.50 Å². The molecule has 118 valence electrons. The van der Waals surface area contributed by atoms with Crippen LogP contribution in [0, 0.1) is 0 Å². The summed E-state index contributed by atoms with van der Waals surface area (Å²) in [7, 11) is -3.84. The van der Waals surface area contributed by atoms with Crippen LogP contribution in [0.4, 0.5) is 5.13 Å². The van der Waals surface area contributed by atoms with Crippen molar-refractivity contribution in [2.45, 2.75) is 24.6 Å². The number of carbonyl (C=O) groups excluding carboxylic acids is 1. The molecule has 1 aromatic rings. The number of hydrogen-bond acceptors (Lipinski definition) is 8. The zero-order valence-electron chi connectivity index (χ0n) is 11.5. The average Bonchev–Trinajstić information content (AvgIpc) is 2.87. The topological polar surface area (TPSA) is 151 Å². The highest BCUT2D eigenvalue weighted by Crippen LogP contribution is 2.23. The Morgan fingerprint density at radius 1 is 1.52 bits per heavy atom. The van der Waals surface area contributed by atoms with Crippen LogP contribution in [0.2, 0.25) is 0 Å². The lowest BCUT2D eigenvalue weighted by Gasteiger charge is -2.17. The van der Waals surface area contributed by atoms with E-state index in [0.717, 1.165) is 15.6 Å². The van der Waals surface area contributed by atoms with Crippen molar-refractivity contribution in [2.24, 2.45) is 10.9 Å². The van der Waals surface area contributed by atoms with Gasteiger partial charge in [-0.25, -0.2) is 8.42 Å². The lowest BCUT2D eigenvalue weighted by Crippen LogP contribution is -2.34. The van der Waals surface area contributed by atoms with Crippen molar-refractivity contribution in [3.63, 3.8) is 0 Å². The molecule has 12 heteroatoms. The Morgan fingerprint density at radius 2 is 2.19 bits per heavy atom. The van der Waals surface area contributed by atoms with Gasteiger partial charge in [-0.1, -0.05) is 23.4 Å². The second kappa shape index (κ2) is 7.28. The normalized spacial score (nSPS) is 12.6. The Hall–Kier alpha value is -1.79. The number of aromatic nitrogens is 2. The molecule has 0 aliphatic carbocycles. The van der Waals surface area contributed by atoms with Crippen molar-refractivity contribution >= 4 is 38.2 Å². The fourth-order valence-electron chi connectivity index (χ4n) is 1.36. The van der Waals surface area contributed by atoms with Gasteiger partial charge in [-0.05, 0) is 0 Å². The molecule has 0 atom stereocenters. The van der Waals surface area contributed by atoms with E-state index in [1.807, 2.05) is 0 Å². The van der Waals surface area contributed by atoms with Gasteiger partial charge in [0.1, 0.15) is 5.84 Å². The minimum Gasteiger partial charge on any atom is -0.409 e. The SMILES string of the molecule is CCN(CCC(N)=NO)S(=O)(=O)c1nnc(NC(C)=O)s1. The Bertz CT molecular complexity index is 626. The molecule has 0 spiro atoms. The maximum atomic E-state index is 12.3. The summed E-state index contributed by atoms with van der Waals surface area (Å²) < 4.78 is 25.6. The second-order valence-electron chi connectivity index (χ2n) is 3.89. The highest BCUT2D eigenvalue weighted by Gasteiger charge is 2.27. The number of hydrogen-bond donors (Lipinski definition) is 3. The van der Waals surface area contributed by atoms with E-state index in [0.29, 0.717) is 0 Å². The van der Waals surface area contributed by atoms with E-state index in [-0.39, 0.29) is 40.7 Å². The van der Waals surface area contributed by atoms with E-state index in [9.17, 15) is 13.2 Å². The molecule has 0 radical (unpaired) electrons. The zero-order valence-corrected chi connectivity index (χ0v) is 13.1. The molecular weight excluding hydrogens is 320 g/mol. The largest absolute Gasteiger partial charge is 0.409 e. The van der Waals surface area contributed by atoms with Crippen molar-refractivity contribution in [3.8, 4) is 0 Å². The maximum Gasteiger partial charge on any atom is 0.272 e. The van der Waals surface area contributed by atoms with Gasteiger partial charge in [0.2, 0.25) is 15.4 Å². The molecule has 0 unspecified atom stereocenters. The summed E-state index contributed by atoms with van der Waals surface area (Å²) in [5, 5.41) is 20.9. The van der Waals surface area contributed by atoms with Crippen LogP contribution in [0.1, 0.15) is 20.3 Å². The van der Waals surface area contributed by atoms with E-state index >= 15 is 0 Å². The number of nitrogens with one attached hydrogen (secondary N) is 1. The molecule has 4 N–H and O–H groups in total. The second-order valence-corrected chi connectivity index (χ2v) is 6.98. The summed E-state index contributed by atoms with van der Waals surface area (Å²) in [5.41, 5.74) is 5.32. The van der Waals surface area contributed by atoms with Crippen molar-refractivity contribution in [1.82, 2.24) is 14.5 Å². The van der Waals surface area contributed by atoms with Gasteiger partial charge in [0, 0.05) is 26.4 Å². The molecule has 10 nitrogen and oxygen atoms in total. The van der Waals surface area contributed by atoms with Gasteiger partial charge in [-0.3, -0.25) is 4.79 Å². The Labute approximate surface area is 125 Å². The number of anilines is 1. The molecule has 1 amide bonds. The fourth-order valence-corrected chi connectivity index (χ4v) is 3.90. The monoisotopic (exact) mass is 336 g/mol. The number of amides is 1. The van der Waals surface area contributed by atoms with Gasteiger partial charge in [0.05, 0.1) is 0 Å². The third-order valence-electron chi connectivity index (χ3n) is 2.35. The summed E-state index contributed by atoms with van der Waals surface area (Å²) in [6.07, 6.45) is 0.0843. The molecule has 0 aliphatic heterocycles. The molecule has 0 saturated heterocycles. The first-order valence-corrected chi connectivity index (χ1v) is 8.14. The lowest BCUT2D eigenvalue weighted by atomic mass is 10.4. The van der Waals surface area contributed by atoms with Crippen molar-refractivity contribution in [2.75, 3.05) is 18.4 Å². The van der Waals surface area contributed by atoms with Gasteiger partial charge >= 0.3 is 0 Å². The molecule has 0 aliphatic rings. The molecule has 1 rings (SSSR count). The number of nitrogens with two attached hydrogens (primary N) is 1. The molecule has 0 saturated carbocycles.